The summed E-state index contributed by atoms with van der Waals surface area (Å²) in [6, 6.07) is 4.50. The fraction of sp³-hybridized carbons (Fsp3) is 0.286. The molecule has 0 radical (unpaired) electrons. The van der Waals surface area contributed by atoms with Crippen molar-refractivity contribution >= 4 is 17.4 Å². The van der Waals surface area contributed by atoms with Crippen LogP contribution < -0.4 is 5.32 Å². The van der Waals surface area contributed by atoms with Crippen LogP contribution in [0.4, 0.5) is 10.2 Å². The van der Waals surface area contributed by atoms with Gasteiger partial charge in [-0.2, -0.15) is 0 Å². The monoisotopic (exact) mass is 279 g/mol. The zero-order valence-electron chi connectivity index (χ0n) is 11.1. The van der Waals surface area contributed by atoms with Crippen molar-refractivity contribution in [2.75, 3.05) is 12.4 Å². The molecule has 2 rings (SSSR count). The van der Waals surface area contributed by atoms with Gasteiger partial charge in [0.1, 0.15) is 11.6 Å². The van der Waals surface area contributed by atoms with Crippen molar-refractivity contribution in [2.45, 2.75) is 20.3 Å². The van der Waals surface area contributed by atoms with Crippen LogP contribution in [0.15, 0.2) is 18.2 Å². The Morgan fingerprint density at radius 1 is 1.32 bits per heavy atom. The topological polar surface area (TPSA) is 37.8 Å². The Balaban J connectivity index is 2.58. The van der Waals surface area contributed by atoms with E-state index in [2.05, 4.69) is 15.3 Å². The minimum atomic E-state index is -0.443. The Morgan fingerprint density at radius 2 is 2.05 bits per heavy atom. The van der Waals surface area contributed by atoms with Crippen molar-refractivity contribution in [3.63, 3.8) is 0 Å². The summed E-state index contributed by atoms with van der Waals surface area (Å²) < 4.78 is 13.2. The predicted octanol–water partition coefficient (Wildman–Crippen LogP) is 3.85. The number of rotatable bonds is 3. The fourth-order valence-electron chi connectivity index (χ4n) is 1.92. The molecule has 5 heteroatoms. The van der Waals surface area contributed by atoms with Gasteiger partial charge in [0.05, 0.1) is 5.02 Å². The standard InChI is InChI=1S/C14H15ClFN3/c1-4-12-8(2)13(17-3)19-14(18-12)9-5-6-11(16)10(15)7-9/h5-7H,4H2,1-3H3,(H,17,18,19). The second kappa shape index (κ2) is 5.53. The average Bonchev–Trinajstić information content (AvgIpc) is 2.42. The van der Waals surface area contributed by atoms with Crippen molar-refractivity contribution in [2.24, 2.45) is 0 Å². The highest BCUT2D eigenvalue weighted by Gasteiger charge is 2.11. The second-order valence-corrected chi connectivity index (χ2v) is 4.61. The summed E-state index contributed by atoms with van der Waals surface area (Å²) in [7, 11) is 1.82. The number of anilines is 1. The first kappa shape index (κ1) is 13.7. The lowest BCUT2D eigenvalue weighted by Crippen LogP contribution is -2.04. The van der Waals surface area contributed by atoms with Gasteiger partial charge in [0, 0.05) is 23.9 Å². The molecule has 0 bridgehead atoms. The summed E-state index contributed by atoms with van der Waals surface area (Å²) in [6.07, 6.45) is 0.810. The molecule has 0 atom stereocenters. The maximum Gasteiger partial charge on any atom is 0.161 e. The summed E-state index contributed by atoms with van der Waals surface area (Å²) in [5.74, 6) is 0.887. The molecule has 0 fully saturated rings. The molecule has 1 N–H and O–H groups in total. The highest BCUT2D eigenvalue weighted by atomic mass is 35.5. The zero-order chi connectivity index (χ0) is 14.0. The number of aromatic nitrogens is 2. The van der Waals surface area contributed by atoms with Crippen LogP contribution in [0.25, 0.3) is 11.4 Å². The van der Waals surface area contributed by atoms with Gasteiger partial charge in [0.2, 0.25) is 0 Å². The van der Waals surface area contributed by atoms with Crippen molar-refractivity contribution in [3.05, 3.63) is 40.3 Å². The maximum atomic E-state index is 13.2. The van der Waals surface area contributed by atoms with Crippen molar-refractivity contribution in [1.82, 2.24) is 9.97 Å². The summed E-state index contributed by atoms with van der Waals surface area (Å²) in [6.45, 7) is 4.02. The number of benzene rings is 1. The number of nitrogens with zero attached hydrogens (tertiary/aromatic N) is 2. The Labute approximate surface area is 116 Å². The Hall–Kier alpha value is -1.68. The van der Waals surface area contributed by atoms with Crippen LogP contribution in [0.2, 0.25) is 5.02 Å². The molecule has 19 heavy (non-hydrogen) atoms. The van der Waals surface area contributed by atoms with Gasteiger partial charge in [-0.15, -0.1) is 0 Å². The molecule has 0 aliphatic heterocycles. The van der Waals surface area contributed by atoms with Gasteiger partial charge in [-0.25, -0.2) is 14.4 Å². The van der Waals surface area contributed by atoms with E-state index in [0.717, 1.165) is 23.5 Å². The quantitative estimate of drug-likeness (QED) is 0.927. The highest BCUT2D eigenvalue weighted by molar-refractivity contribution is 6.31. The second-order valence-electron chi connectivity index (χ2n) is 4.20. The van der Waals surface area contributed by atoms with Crippen LogP contribution in [0.1, 0.15) is 18.2 Å². The van der Waals surface area contributed by atoms with E-state index in [9.17, 15) is 4.39 Å². The van der Waals surface area contributed by atoms with Gasteiger partial charge in [-0.3, -0.25) is 0 Å². The number of aryl methyl sites for hydroxylation is 1. The molecule has 0 aliphatic carbocycles. The van der Waals surface area contributed by atoms with E-state index >= 15 is 0 Å². The normalized spacial score (nSPS) is 10.6. The third-order valence-electron chi connectivity index (χ3n) is 3.00. The third-order valence-corrected chi connectivity index (χ3v) is 3.29. The maximum absolute atomic E-state index is 13.2. The summed E-state index contributed by atoms with van der Waals surface area (Å²) >= 11 is 5.80. The highest BCUT2D eigenvalue weighted by Crippen LogP contribution is 2.25. The molecule has 0 amide bonds. The molecule has 0 saturated heterocycles. The zero-order valence-corrected chi connectivity index (χ0v) is 11.8. The lowest BCUT2D eigenvalue weighted by Gasteiger charge is -2.11. The van der Waals surface area contributed by atoms with Gasteiger partial charge >= 0.3 is 0 Å². The number of nitrogens with one attached hydrogen (secondary N) is 1. The van der Waals surface area contributed by atoms with E-state index < -0.39 is 5.82 Å². The Bertz CT molecular complexity index is 589. The third kappa shape index (κ3) is 2.68. The molecule has 0 aliphatic rings. The molecule has 1 heterocycles. The average molecular weight is 280 g/mol. The largest absolute Gasteiger partial charge is 0.373 e. The van der Waals surface area contributed by atoms with E-state index in [1.165, 1.54) is 6.07 Å². The van der Waals surface area contributed by atoms with Gasteiger partial charge in [0.15, 0.2) is 5.82 Å². The van der Waals surface area contributed by atoms with Crippen molar-refractivity contribution in [3.8, 4) is 11.4 Å². The molecule has 0 unspecified atom stereocenters. The summed E-state index contributed by atoms with van der Waals surface area (Å²) in [5, 5.41) is 3.12. The number of halogens is 2. The van der Waals surface area contributed by atoms with Gasteiger partial charge in [-0.1, -0.05) is 18.5 Å². The van der Waals surface area contributed by atoms with E-state index in [1.54, 1.807) is 12.1 Å². The first-order valence-electron chi connectivity index (χ1n) is 6.07. The summed E-state index contributed by atoms with van der Waals surface area (Å²) in [5.41, 5.74) is 2.70. The van der Waals surface area contributed by atoms with E-state index in [4.69, 9.17) is 11.6 Å². The van der Waals surface area contributed by atoms with Crippen molar-refractivity contribution in [1.29, 1.82) is 0 Å². The number of hydrogen-bond acceptors (Lipinski definition) is 3. The van der Waals surface area contributed by atoms with Gasteiger partial charge < -0.3 is 5.32 Å². The molecule has 0 saturated carbocycles. The van der Waals surface area contributed by atoms with Crippen LogP contribution in [-0.4, -0.2) is 17.0 Å². The molecule has 1 aromatic carbocycles. The molecule has 2 aromatic rings. The van der Waals surface area contributed by atoms with Crippen LogP contribution >= 0.6 is 11.6 Å². The number of hydrogen-bond donors (Lipinski definition) is 1. The van der Waals surface area contributed by atoms with Crippen LogP contribution in [0.5, 0.6) is 0 Å². The Kier molecular flexibility index (Phi) is 4.00. The smallest absolute Gasteiger partial charge is 0.161 e. The minimum absolute atomic E-state index is 0.0748. The first-order chi connectivity index (χ1) is 9.06. The van der Waals surface area contributed by atoms with Crippen LogP contribution in [0, 0.1) is 12.7 Å². The minimum Gasteiger partial charge on any atom is -0.373 e. The first-order valence-corrected chi connectivity index (χ1v) is 6.45. The van der Waals surface area contributed by atoms with E-state index in [0.29, 0.717) is 11.4 Å². The van der Waals surface area contributed by atoms with Gasteiger partial charge in [-0.05, 0) is 31.5 Å². The van der Waals surface area contributed by atoms with Crippen LogP contribution in [-0.2, 0) is 6.42 Å². The van der Waals surface area contributed by atoms with Crippen LogP contribution in [0.3, 0.4) is 0 Å². The Morgan fingerprint density at radius 3 is 2.63 bits per heavy atom. The molecular weight excluding hydrogens is 265 g/mol. The van der Waals surface area contributed by atoms with E-state index in [-0.39, 0.29) is 5.02 Å². The molecule has 100 valence electrons. The summed E-state index contributed by atoms with van der Waals surface area (Å²) in [4.78, 5) is 8.95. The molecular formula is C14H15ClFN3. The van der Waals surface area contributed by atoms with Gasteiger partial charge in [0.25, 0.3) is 0 Å². The SMILES string of the molecule is CCc1nc(-c2ccc(F)c(Cl)c2)nc(NC)c1C. The molecule has 1 aromatic heterocycles. The molecule has 3 nitrogen and oxygen atoms in total. The lowest BCUT2D eigenvalue weighted by atomic mass is 10.1. The van der Waals surface area contributed by atoms with Crippen molar-refractivity contribution < 1.29 is 4.39 Å². The molecule has 0 spiro atoms. The predicted molar refractivity (Wildman–Crippen MR) is 76.1 cm³/mol. The van der Waals surface area contributed by atoms with E-state index in [1.807, 2.05) is 20.9 Å². The fourth-order valence-corrected chi connectivity index (χ4v) is 2.10. The lowest BCUT2D eigenvalue weighted by molar-refractivity contribution is 0.628.